The van der Waals surface area contributed by atoms with Crippen LogP contribution in [0, 0.1) is 0 Å². The summed E-state index contributed by atoms with van der Waals surface area (Å²) < 4.78 is 0. The quantitative estimate of drug-likeness (QED) is 0.746. The second kappa shape index (κ2) is 8.04. The van der Waals surface area contributed by atoms with E-state index in [1.165, 1.54) is 16.8 Å². The largest absolute Gasteiger partial charge is 0.350 e. The number of benzene rings is 2. The number of aromatic nitrogens is 1. The number of rotatable bonds is 5. The molecule has 27 heavy (non-hydrogen) atoms. The van der Waals surface area contributed by atoms with Crippen molar-refractivity contribution in [1.82, 2.24) is 10.3 Å². The van der Waals surface area contributed by atoms with Gasteiger partial charge in [-0.1, -0.05) is 48.5 Å². The van der Waals surface area contributed by atoms with Crippen LogP contribution in [0.4, 0.5) is 11.4 Å². The number of nitrogens with one attached hydrogen (secondary N) is 1. The number of pyridine rings is 1. The molecule has 0 aliphatic carbocycles. The maximum Gasteiger partial charge on any atom is 0.269 e. The smallest absolute Gasteiger partial charge is 0.269 e. The van der Waals surface area contributed by atoms with Crippen LogP contribution >= 0.6 is 0 Å². The molecule has 0 fully saturated rings. The molecular weight excluding hydrogens is 334 g/mol. The number of hydrogen-bond donors (Lipinski definition) is 1. The summed E-state index contributed by atoms with van der Waals surface area (Å²) in [7, 11) is 0. The Kier molecular flexibility index (Phi) is 5.15. The highest BCUT2D eigenvalue weighted by Crippen LogP contribution is 2.32. The highest BCUT2D eigenvalue weighted by atomic mass is 16.1. The molecule has 2 aromatic carbocycles. The average Bonchev–Trinajstić information content (AvgIpc) is 2.74. The molecule has 1 amide bonds. The van der Waals surface area contributed by atoms with Crippen molar-refractivity contribution in [3.05, 3.63) is 89.7 Å². The zero-order chi connectivity index (χ0) is 18.5. The number of fused-ring (bicyclic) bond motifs is 1. The van der Waals surface area contributed by atoms with Gasteiger partial charge in [0, 0.05) is 18.8 Å². The minimum atomic E-state index is -0.128. The number of carbonyl (C=O) groups is 1. The molecule has 0 unspecified atom stereocenters. The van der Waals surface area contributed by atoms with Crippen LogP contribution in [0.5, 0.6) is 0 Å². The molecule has 1 aliphatic heterocycles. The summed E-state index contributed by atoms with van der Waals surface area (Å²) >= 11 is 0. The summed E-state index contributed by atoms with van der Waals surface area (Å²) in [6.07, 6.45) is 4.85. The molecule has 1 N–H and O–H groups in total. The maximum absolute atomic E-state index is 12.3. The minimum absolute atomic E-state index is 0.128. The van der Waals surface area contributed by atoms with Crippen molar-refractivity contribution in [3.63, 3.8) is 0 Å². The Balaban J connectivity index is 1.40. The second-order valence-corrected chi connectivity index (χ2v) is 6.78. The molecule has 0 saturated heterocycles. The van der Waals surface area contributed by atoms with Gasteiger partial charge in [-0.2, -0.15) is 0 Å². The summed E-state index contributed by atoms with van der Waals surface area (Å²) in [5.74, 6) is -0.128. The zero-order valence-electron chi connectivity index (χ0n) is 15.3. The summed E-state index contributed by atoms with van der Waals surface area (Å²) in [6.45, 7) is 1.58. The molecule has 0 radical (unpaired) electrons. The lowest BCUT2D eigenvalue weighted by Crippen LogP contribution is -2.27. The SMILES string of the molecule is O=C(NCCc1ccccc1)c1ccc(N2CCCc3ccccc32)cn1. The van der Waals surface area contributed by atoms with Crippen molar-refractivity contribution < 1.29 is 4.79 Å². The standard InChI is InChI=1S/C23H23N3O/c27-23(24-15-14-18-7-2-1-3-8-18)21-13-12-20(17-25-21)26-16-6-10-19-9-4-5-11-22(19)26/h1-5,7-9,11-13,17H,6,10,14-16H2,(H,24,27). The molecule has 1 aromatic heterocycles. The van der Waals surface area contributed by atoms with Crippen LogP contribution in [-0.2, 0) is 12.8 Å². The molecule has 0 spiro atoms. The van der Waals surface area contributed by atoms with Gasteiger partial charge in [0.25, 0.3) is 5.91 Å². The van der Waals surface area contributed by atoms with Gasteiger partial charge in [-0.15, -0.1) is 0 Å². The highest BCUT2D eigenvalue weighted by Gasteiger charge is 2.18. The Morgan fingerprint density at radius 1 is 1.00 bits per heavy atom. The lowest BCUT2D eigenvalue weighted by Gasteiger charge is -2.31. The summed E-state index contributed by atoms with van der Waals surface area (Å²) in [5.41, 5.74) is 5.31. The van der Waals surface area contributed by atoms with Gasteiger partial charge in [-0.3, -0.25) is 4.79 Å². The normalized spacial score (nSPS) is 13.1. The van der Waals surface area contributed by atoms with E-state index in [2.05, 4.69) is 51.6 Å². The number of carbonyl (C=O) groups excluding carboxylic acids is 1. The monoisotopic (exact) mass is 357 g/mol. The average molecular weight is 357 g/mol. The molecule has 3 aromatic rings. The summed E-state index contributed by atoms with van der Waals surface area (Å²) in [4.78, 5) is 19.0. The van der Waals surface area contributed by atoms with E-state index in [1.54, 1.807) is 6.20 Å². The van der Waals surface area contributed by atoms with E-state index in [9.17, 15) is 4.79 Å². The maximum atomic E-state index is 12.3. The van der Waals surface area contributed by atoms with Crippen LogP contribution in [0.25, 0.3) is 0 Å². The number of aryl methyl sites for hydroxylation is 1. The van der Waals surface area contributed by atoms with Crippen molar-refractivity contribution >= 4 is 17.3 Å². The fourth-order valence-corrected chi connectivity index (χ4v) is 3.54. The number of para-hydroxylation sites is 1. The fourth-order valence-electron chi connectivity index (χ4n) is 3.54. The Morgan fingerprint density at radius 3 is 2.63 bits per heavy atom. The zero-order valence-corrected chi connectivity index (χ0v) is 15.3. The van der Waals surface area contributed by atoms with Gasteiger partial charge in [0.1, 0.15) is 5.69 Å². The predicted molar refractivity (Wildman–Crippen MR) is 108 cm³/mol. The van der Waals surface area contributed by atoms with E-state index in [-0.39, 0.29) is 5.91 Å². The van der Waals surface area contributed by atoms with Crippen LogP contribution in [-0.4, -0.2) is 24.0 Å². The third kappa shape index (κ3) is 4.00. The van der Waals surface area contributed by atoms with Crippen LogP contribution < -0.4 is 10.2 Å². The lowest BCUT2D eigenvalue weighted by molar-refractivity contribution is 0.0949. The van der Waals surface area contributed by atoms with E-state index in [0.29, 0.717) is 12.2 Å². The van der Waals surface area contributed by atoms with Gasteiger partial charge in [-0.25, -0.2) is 4.98 Å². The molecule has 4 heteroatoms. The van der Waals surface area contributed by atoms with Crippen LogP contribution in [0.2, 0.25) is 0 Å². The Morgan fingerprint density at radius 2 is 1.81 bits per heavy atom. The highest BCUT2D eigenvalue weighted by molar-refractivity contribution is 5.92. The van der Waals surface area contributed by atoms with Crippen molar-refractivity contribution in [1.29, 1.82) is 0 Å². The van der Waals surface area contributed by atoms with Gasteiger partial charge in [0.15, 0.2) is 0 Å². The van der Waals surface area contributed by atoms with Crippen LogP contribution in [0.15, 0.2) is 72.9 Å². The van der Waals surface area contributed by atoms with E-state index >= 15 is 0 Å². The summed E-state index contributed by atoms with van der Waals surface area (Å²) in [5, 5.41) is 2.95. The number of anilines is 2. The van der Waals surface area contributed by atoms with Gasteiger partial charge < -0.3 is 10.2 Å². The van der Waals surface area contributed by atoms with Crippen molar-refractivity contribution in [3.8, 4) is 0 Å². The van der Waals surface area contributed by atoms with E-state index < -0.39 is 0 Å². The van der Waals surface area contributed by atoms with Gasteiger partial charge in [0.2, 0.25) is 0 Å². The number of amides is 1. The van der Waals surface area contributed by atoms with Gasteiger partial charge in [-0.05, 0) is 48.6 Å². The Bertz CT molecular complexity index is 906. The van der Waals surface area contributed by atoms with Crippen molar-refractivity contribution in [2.24, 2.45) is 0 Å². The third-order valence-corrected chi connectivity index (χ3v) is 4.94. The molecule has 4 rings (SSSR count). The molecule has 1 aliphatic rings. The first-order valence-electron chi connectivity index (χ1n) is 9.45. The van der Waals surface area contributed by atoms with Gasteiger partial charge in [0.05, 0.1) is 11.9 Å². The fraction of sp³-hybridized carbons (Fsp3) is 0.217. The van der Waals surface area contributed by atoms with Crippen LogP contribution in [0.3, 0.4) is 0 Å². The number of nitrogens with zero attached hydrogens (tertiary/aromatic N) is 2. The predicted octanol–water partition coefficient (Wildman–Crippen LogP) is 4.14. The molecule has 2 heterocycles. The topological polar surface area (TPSA) is 45.2 Å². The van der Waals surface area contributed by atoms with E-state index in [4.69, 9.17) is 0 Å². The van der Waals surface area contributed by atoms with Crippen LogP contribution in [0.1, 0.15) is 28.0 Å². The van der Waals surface area contributed by atoms with Crippen molar-refractivity contribution in [2.75, 3.05) is 18.0 Å². The molecule has 0 bridgehead atoms. The molecule has 0 atom stereocenters. The second-order valence-electron chi connectivity index (χ2n) is 6.78. The first kappa shape index (κ1) is 17.3. The first-order chi connectivity index (χ1) is 13.3. The minimum Gasteiger partial charge on any atom is -0.350 e. The molecule has 0 saturated carbocycles. The molecule has 136 valence electrons. The lowest BCUT2D eigenvalue weighted by atomic mass is 10.0. The molecular formula is C23H23N3O. The van der Waals surface area contributed by atoms with E-state index in [1.807, 2.05) is 30.3 Å². The Labute approximate surface area is 159 Å². The third-order valence-electron chi connectivity index (χ3n) is 4.94. The molecule has 4 nitrogen and oxygen atoms in total. The first-order valence-corrected chi connectivity index (χ1v) is 9.45. The Hall–Kier alpha value is -3.14. The number of hydrogen-bond acceptors (Lipinski definition) is 3. The van der Waals surface area contributed by atoms with Crippen molar-refractivity contribution in [2.45, 2.75) is 19.3 Å². The van der Waals surface area contributed by atoms with E-state index in [0.717, 1.165) is 31.5 Å². The van der Waals surface area contributed by atoms with Gasteiger partial charge >= 0.3 is 0 Å². The summed E-state index contributed by atoms with van der Waals surface area (Å²) in [6, 6.07) is 22.4.